The van der Waals surface area contributed by atoms with Crippen molar-refractivity contribution in [3.8, 4) is 0 Å². The summed E-state index contributed by atoms with van der Waals surface area (Å²) in [4.78, 5) is 36.6. The molecule has 122 valence electrons. The fourth-order valence-electron chi connectivity index (χ4n) is 2.60. The highest BCUT2D eigenvalue weighted by Crippen LogP contribution is 2.19. The van der Waals surface area contributed by atoms with E-state index in [1.165, 1.54) is 6.07 Å². The van der Waals surface area contributed by atoms with Gasteiger partial charge in [-0.1, -0.05) is 0 Å². The molecule has 2 aromatic rings. The fraction of sp³-hybridized carbons (Fsp3) is 0.467. The van der Waals surface area contributed by atoms with E-state index in [1.54, 1.807) is 24.3 Å². The van der Waals surface area contributed by atoms with Crippen molar-refractivity contribution in [3.05, 3.63) is 46.7 Å². The lowest BCUT2D eigenvalue weighted by Gasteiger charge is -2.32. The van der Waals surface area contributed by atoms with E-state index in [-0.39, 0.29) is 11.5 Å². The van der Waals surface area contributed by atoms with Gasteiger partial charge >= 0.3 is 0 Å². The third-order valence-electron chi connectivity index (χ3n) is 3.76. The minimum Gasteiger partial charge on any atom is -0.367 e. The zero-order chi connectivity index (χ0) is 16.2. The topological polar surface area (TPSA) is 93.1 Å². The standard InChI is InChI=1S/C15H19N5O3/c1-11-8-13(21)18-15(17-11)12-9-20(6-7-23-12)14(22)2-4-19-5-3-16-10-19/h3,5,8,10,12H,2,4,6-7,9H2,1H3,(H,17,18,21)/t12-/m1/s1. The van der Waals surface area contributed by atoms with Crippen LogP contribution in [0, 0.1) is 6.92 Å². The molecule has 23 heavy (non-hydrogen) atoms. The molecule has 3 rings (SSSR count). The number of aromatic nitrogens is 4. The molecule has 1 aliphatic rings. The smallest absolute Gasteiger partial charge is 0.251 e. The quantitative estimate of drug-likeness (QED) is 0.873. The van der Waals surface area contributed by atoms with Crippen LogP contribution in [0.4, 0.5) is 0 Å². The average molecular weight is 317 g/mol. The molecule has 0 aliphatic carbocycles. The predicted octanol–water partition coefficient (Wildman–Crippen LogP) is 0.265. The Morgan fingerprint density at radius 3 is 3.13 bits per heavy atom. The number of hydrogen-bond donors (Lipinski definition) is 1. The lowest BCUT2D eigenvalue weighted by molar-refractivity contribution is -0.139. The number of H-pyrrole nitrogens is 1. The number of hydrogen-bond acceptors (Lipinski definition) is 5. The molecule has 0 aromatic carbocycles. The summed E-state index contributed by atoms with van der Waals surface area (Å²) in [5.41, 5.74) is 0.426. The van der Waals surface area contributed by atoms with Gasteiger partial charge in [0.1, 0.15) is 11.9 Å². The molecular formula is C15H19N5O3. The van der Waals surface area contributed by atoms with Gasteiger partial charge in [0, 0.05) is 43.7 Å². The maximum atomic E-state index is 12.3. The SMILES string of the molecule is Cc1cc(=O)[nH]c([C@H]2CN(C(=O)CCn3ccnc3)CCO2)n1. The molecule has 8 nitrogen and oxygen atoms in total. The van der Waals surface area contributed by atoms with Crippen LogP contribution in [0.2, 0.25) is 0 Å². The highest BCUT2D eigenvalue weighted by atomic mass is 16.5. The molecule has 0 radical (unpaired) electrons. The first-order valence-electron chi connectivity index (χ1n) is 7.55. The van der Waals surface area contributed by atoms with Crippen molar-refractivity contribution in [1.29, 1.82) is 0 Å². The number of rotatable bonds is 4. The number of morpholine rings is 1. The minimum atomic E-state index is -0.395. The van der Waals surface area contributed by atoms with E-state index in [2.05, 4.69) is 15.0 Å². The van der Waals surface area contributed by atoms with Gasteiger partial charge in [0.15, 0.2) is 0 Å². The van der Waals surface area contributed by atoms with Crippen LogP contribution in [-0.2, 0) is 16.1 Å². The van der Waals surface area contributed by atoms with Crippen molar-refractivity contribution in [2.45, 2.75) is 26.0 Å². The van der Waals surface area contributed by atoms with Crippen LogP contribution in [0.5, 0.6) is 0 Å². The van der Waals surface area contributed by atoms with E-state index in [0.717, 1.165) is 0 Å². The molecule has 1 amide bonds. The van der Waals surface area contributed by atoms with Gasteiger partial charge in [0.2, 0.25) is 5.91 Å². The van der Waals surface area contributed by atoms with Gasteiger partial charge < -0.3 is 19.2 Å². The van der Waals surface area contributed by atoms with Crippen molar-refractivity contribution >= 4 is 5.91 Å². The zero-order valence-electron chi connectivity index (χ0n) is 12.9. The summed E-state index contributed by atoms with van der Waals surface area (Å²) in [5, 5.41) is 0. The molecule has 0 saturated carbocycles. The summed E-state index contributed by atoms with van der Waals surface area (Å²) in [7, 11) is 0. The van der Waals surface area contributed by atoms with E-state index in [4.69, 9.17) is 4.74 Å². The van der Waals surface area contributed by atoms with Gasteiger partial charge in [-0.05, 0) is 6.92 Å². The Morgan fingerprint density at radius 1 is 1.52 bits per heavy atom. The van der Waals surface area contributed by atoms with Gasteiger partial charge in [-0.3, -0.25) is 9.59 Å². The van der Waals surface area contributed by atoms with Crippen molar-refractivity contribution < 1.29 is 9.53 Å². The number of aryl methyl sites for hydroxylation is 2. The second-order valence-electron chi connectivity index (χ2n) is 5.52. The third kappa shape index (κ3) is 3.84. The number of ether oxygens (including phenoxy) is 1. The lowest BCUT2D eigenvalue weighted by atomic mass is 10.2. The largest absolute Gasteiger partial charge is 0.367 e. The first-order valence-corrected chi connectivity index (χ1v) is 7.55. The Kier molecular flexibility index (Phi) is 4.52. The molecule has 1 fully saturated rings. The van der Waals surface area contributed by atoms with Crippen LogP contribution >= 0.6 is 0 Å². The Balaban J connectivity index is 1.63. The van der Waals surface area contributed by atoms with Crippen LogP contribution in [0.3, 0.4) is 0 Å². The molecule has 1 saturated heterocycles. The Morgan fingerprint density at radius 2 is 2.39 bits per heavy atom. The molecule has 0 spiro atoms. The molecule has 8 heteroatoms. The van der Waals surface area contributed by atoms with E-state index in [1.807, 2.05) is 10.8 Å². The molecule has 1 aliphatic heterocycles. The Hall–Kier alpha value is -2.48. The third-order valence-corrected chi connectivity index (χ3v) is 3.76. The van der Waals surface area contributed by atoms with Gasteiger partial charge in [-0.2, -0.15) is 0 Å². The summed E-state index contributed by atoms with van der Waals surface area (Å²) < 4.78 is 7.53. The Labute approximate surface area is 133 Å². The summed E-state index contributed by atoms with van der Waals surface area (Å²) >= 11 is 0. The van der Waals surface area contributed by atoms with Gasteiger partial charge in [0.25, 0.3) is 5.56 Å². The predicted molar refractivity (Wildman–Crippen MR) is 81.7 cm³/mol. The normalized spacial score (nSPS) is 18.1. The number of amides is 1. The first-order chi connectivity index (χ1) is 11.1. The van der Waals surface area contributed by atoms with Gasteiger partial charge in [-0.15, -0.1) is 0 Å². The van der Waals surface area contributed by atoms with E-state index >= 15 is 0 Å². The van der Waals surface area contributed by atoms with Crippen molar-refractivity contribution in [2.75, 3.05) is 19.7 Å². The summed E-state index contributed by atoms with van der Waals surface area (Å²) in [6.45, 7) is 3.74. The van der Waals surface area contributed by atoms with E-state index in [9.17, 15) is 9.59 Å². The summed E-state index contributed by atoms with van der Waals surface area (Å²) in [6, 6.07) is 1.43. The first kappa shape index (κ1) is 15.4. The summed E-state index contributed by atoms with van der Waals surface area (Å²) in [6.07, 6.45) is 5.22. The fourth-order valence-corrected chi connectivity index (χ4v) is 2.60. The monoisotopic (exact) mass is 317 g/mol. The lowest BCUT2D eigenvalue weighted by Crippen LogP contribution is -2.43. The highest BCUT2D eigenvalue weighted by molar-refractivity contribution is 5.76. The molecule has 1 atom stereocenters. The molecule has 1 N–H and O–H groups in total. The van der Waals surface area contributed by atoms with Crippen LogP contribution in [0.25, 0.3) is 0 Å². The number of imidazole rings is 1. The maximum absolute atomic E-state index is 12.3. The minimum absolute atomic E-state index is 0.0574. The maximum Gasteiger partial charge on any atom is 0.251 e. The summed E-state index contributed by atoms with van der Waals surface area (Å²) in [5.74, 6) is 0.532. The van der Waals surface area contributed by atoms with Crippen molar-refractivity contribution in [2.24, 2.45) is 0 Å². The van der Waals surface area contributed by atoms with Gasteiger partial charge in [-0.25, -0.2) is 9.97 Å². The van der Waals surface area contributed by atoms with Gasteiger partial charge in [0.05, 0.1) is 19.5 Å². The number of aromatic amines is 1. The van der Waals surface area contributed by atoms with Crippen LogP contribution < -0.4 is 5.56 Å². The Bertz CT molecular complexity index is 725. The van der Waals surface area contributed by atoms with Crippen LogP contribution in [-0.4, -0.2) is 50.0 Å². The number of carbonyl (C=O) groups is 1. The van der Waals surface area contributed by atoms with Crippen molar-refractivity contribution in [3.63, 3.8) is 0 Å². The molecule has 0 unspecified atom stereocenters. The van der Waals surface area contributed by atoms with Crippen molar-refractivity contribution in [1.82, 2.24) is 24.4 Å². The van der Waals surface area contributed by atoms with E-state index < -0.39 is 6.10 Å². The molecule has 2 aromatic heterocycles. The molecule has 0 bridgehead atoms. The average Bonchev–Trinajstić information content (AvgIpc) is 3.05. The van der Waals surface area contributed by atoms with E-state index in [0.29, 0.717) is 44.2 Å². The highest BCUT2D eigenvalue weighted by Gasteiger charge is 2.26. The van der Waals surface area contributed by atoms with Crippen LogP contribution in [0.15, 0.2) is 29.6 Å². The number of carbonyl (C=O) groups excluding carboxylic acids is 1. The molecular weight excluding hydrogens is 298 g/mol. The zero-order valence-corrected chi connectivity index (χ0v) is 12.9. The molecule has 3 heterocycles. The second kappa shape index (κ2) is 6.74. The van der Waals surface area contributed by atoms with Crippen LogP contribution in [0.1, 0.15) is 24.0 Å². The number of nitrogens with one attached hydrogen (secondary N) is 1. The number of nitrogens with zero attached hydrogens (tertiary/aromatic N) is 4. The second-order valence-corrected chi connectivity index (χ2v) is 5.52.